The Labute approximate surface area is 74.7 Å². The zero-order chi connectivity index (χ0) is 9.42. The van der Waals surface area contributed by atoms with Crippen molar-refractivity contribution in [2.45, 2.75) is 0 Å². The van der Waals surface area contributed by atoms with Crippen LogP contribution in [0.2, 0.25) is 0 Å². The first-order chi connectivity index (χ1) is 6.22. The van der Waals surface area contributed by atoms with E-state index in [2.05, 4.69) is 5.10 Å². The second-order valence-electron chi connectivity index (χ2n) is 2.82. The largest absolute Gasteiger partial charge is 0.493 e. The van der Waals surface area contributed by atoms with Crippen molar-refractivity contribution in [1.82, 2.24) is 9.78 Å². The van der Waals surface area contributed by atoms with Gasteiger partial charge < -0.3 is 4.74 Å². The maximum absolute atomic E-state index is 13.2. The monoisotopic (exact) mass is 180 g/mol. The highest BCUT2D eigenvalue weighted by atomic mass is 19.1. The Hall–Kier alpha value is -1.58. The lowest BCUT2D eigenvalue weighted by molar-refractivity contribution is 0.392. The number of nitrogens with zero attached hydrogens (tertiary/aromatic N) is 2. The molecule has 0 saturated heterocycles. The average molecular weight is 180 g/mol. The Kier molecular flexibility index (Phi) is 1.69. The van der Waals surface area contributed by atoms with E-state index in [4.69, 9.17) is 4.74 Å². The molecule has 0 aliphatic carbocycles. The lowest BCUT2D eigenvalue weighted by Gasteiger charge is -2.00. The fourth-order valence-electron chi connectivity index (χ4n) is 1.37. The Morgan fingerprint density at radius 3 is 2.92 bits per heavy atom. The molecule has 0 aliphatic rings. The van der Waals surface area contributed by atoms with Gasteiger partial charge in [-0.25, -0.2) is 4.39 Å². The highest BCUT2D eigenvalue weighted by molar-refractivity contribution is 5.84. The van der Waals surface area contributed by atoms with Crippen LogP contribution in [0, 0.1) is 5.82 Å². The Morgan fingerprint density at radius 2 is 2.23 bits per heavy atom. The number of aromatic nitrogens is 2. The fraction of sp³-hybridized carbons (Fsp3) is 0.222. The maximum atomic E-state index is 13.2. The number of hydrogen-bond acceptors (Lipinski definition) is 2. The van der Waals surface area contributed by atoms with Crippen molar-refractivity contribution in [3.63, 3.8) is 0 Å². The zero-order valence-electron chi connectivity index (χ0n) is 7.41. The lowest BCUT2D eigenvalue weighted by Crippen LogP contribution is -1.87. The standard InChI is InChI=1S/C9H9FN2O/c1-12-5-6-8(11-12)4-3-7(10)9(6)13-2/h3-5H,1-2H3. The number of ether oxygens (including phenoxy) is 1. The predicted octanol–water partition coefficient (Wildman–Crippen LogP) is 1.72. The van der Waals surface area contributed by atoms with E-state index in [1.165, 1.54) is 13.2 Å². The molecule has 0 unspecified atom stereocenters. The average Bonchev–Trinajstić information content (AvgIpc) is 2.45. The first kappa shape index (κ1) is 8.04. The van der Waals surface area contributed by atoms with Gasteiger partial charge in [0, 0.05) is 13.2 Å². The topological polar surface area (TPSA) is 27.1 Å². The Morgan fingerprint density at radius 1 is 1.46 bits per heavy atom. The van der Waals surface area contributed by atoms with Crippen molar-refractivity contribution >= 4 is 10.9 Å². The third kappa shape index (κ3) is 1.14. The van der Waals surface area contributed by atoms with E-state index in [-0.39, 0.29) is 11.6 Å². The molecule has 1 aromatic carbocycles. The fourth-order valence-corrected chi connectivity index (χ4v) is 1.37. The minimum absolute atomic E-state index is 0.255. The minimum Gasteiger partial charge on any atom is -0.493 e. The van der Waals surface area contributed by atoms with E-state index in [9.17, 15) is 4.39 Å². The minimum atomic E-state index is -0.358. The maximum Gasteiger partial charge on any atom is 0.165 e. The molecule has 0 N–H and O–H groups in total. The van der Waals surface area contributed by atoms with Crippen LogP contribution in [0.25, 0.3) is 10.9 Å². The summed E-state index contributed by atoms with van der Waals surface area (Å²) in [4.78, 5) is 0. The Balaban J connectivity index is 2.82. The van der Waals surface area contributed by atoms with Gasteiger partial charge in [-0.2, -0.15) is 5.10 Å². The lowest BCUT2D eigenvalue weighted by atomic mass is 10.2. The molecular formula is C9H9FN2O. The van der Waals surface area contributed by atoms with Gasteiger partial charge in [-0.05, 0) is 12.1 Å². The van der Waals surface area contributed by atoms with E-state index < -0.39 is 0 Å². The van der Waals surface area contributed by atoms with Crippen LogP contribution in [0.4, 0.5) is 4.39 Å². The van der Waals surface area contributed by atoms with Gasteiger partial charge in [0.15, 0.2) is 11.6 Å². The van der Waals surface area contributed by atoms with Crippen LogP contribution in [0.5, 0.6) is 5.75 Å². The van der Waals surface area contributed by atoms with Crippen molar-refractivity contribution in [3.05, 3.63) is 24.1 Å². The van der Waals surface area contributed by atoms with Gasteiger partial charge in [0.1, 0.15) is 0 Å². The van der Waals surface area contributed by atoms with Crippen LogP contribution in [-0.2, 0) is 7.05 Å². The molecule has 1 heterocycles. The number of rotatable bonds is 1. The molecule has 0 amide bonds. The van der Waals surface area contributed by atoms with E-state index in [0.29, 0.717) is 5.39 Å². The quantitative estimate of drug-likeness (QED) is 0.668. The number of fused-ring (bicyclic) bond motifs is 1. The molecule has 0 bridgehead atoms. The molecular weight excluding hydrogens is 171 g/mol. The second-order valence-corrected chi connectivity index (χ2v) is 2.82. The van der Waals surface area contributed by atoms with Crippen molar-refractivity contribution in [1.29, 1.82) is 0 Å². The van der Waals surface area contributed by atoms with E-state index in [1.54, 1.807) is 24.0 Å². The third-order valence-corrected chi connectivity index (χ3v) is 1.91. The molecule has 13 heavy (non-hydrogen) atoms. The van der Waals surface area contributed by atoms with Crippen LogP contribution in [-0.4, -0.2) is 16.9 Å². The van der Waals surface area contributed by atoms with Gasteiger partial charge in [-0.3, -0.25) is 4.68 Å². The first-order valence-corrected chi connectivity index (χ1v) is 3.88. The van der Waals surface area contributed by atoms with Gasteiger partial charge in [0.25, 0.3) is 0 Å². The molecule has 0 atom stereocenters. The normalized spacial score (nSPS) is 10.7. The predicted molar refractivity (Wildman–Crippen MR) is 47.2 cm³/mol. The van der Waals surface area contributed by atoms with Crippen molar-refractivity contribution < 1.29 is 9.13 Å². The summed E-state index contributed by atoms with van der Waals surface area (Å²) in [7, 11) is 3.24. The molecule has 68 valence electrons. The van der Waals surface area contributed by atoms with Crippen molar-refractivity contribution in [2.24, 2.45) is 7.05 Å². The summed E-state index contributed by atoms with van der Waals surface area (Å²) in [5, 5.41) is 4.83. The SMILES string of the molecule is COc1c(F)ccc2nn(C)cc12. The van der Waals surface area contributed by atoms with Crippen LogP contribution in [0.15, 0.2) is 18.3 Å². The number of halogens is 1. The van der Waals surface area contributed by atoms with Crippen LogP contribution in [0.1, 0.15) is 0 Å². The van der Waals surface area contributed by atoms with Crippen LogP contribution in [0.3, 0.4) is 0 Å². The summed E-state index contributed by atoms with van der Waals surface area (Å²) in [6.45, 7) is 0. The molecule has 0 spiro atoms. The van der Waals surface area contributed by atoms with Crippen molar-refractivity contribution in [2.75, 3.05) is 7.11 Å². The molecule has 2 rings (SSSR count). The number of methoxy groups -OCH3 is 1. The second kappa shape index (κ2) is 2.73. The van der Waals surface area contributed by atoms with E-state index in [0.717, 1.165) is 5.52 Å². The molecule has 4 heteroatoms. The third-order valence-electron chi connectivity index (χ3n) is 1.91. The van der Waals surface area contributed by atoms with Gasteiger partial charge in [-0.15, -0.1) is 0 Å². The molecule has 0 fully saturated rings. The number of hydrogen-bond donors (Lipinski definition) is 0. The van der Waals surface area contributed by atoms with Gasteiger partial charge in [0.05, 0.1) is 18.0 Å². The van der Waals surface area contributed by atoms with Gasteiger partial charge in [0.2, 0.25) is 0 Å². The van der Waals surface area contributed by atoms with Gasteiger partial charge >= 0.3 is 0 Å². The van der Waals surface area contributed by atoms with E-state index in [1.807, 2.05) is 0 Å². The number of aryl methyl sites for hydroxylation is 1. The molecule has 3 nitrogen and oxygen atoms in total. The van der Waals surface area contributed by atoms with Crippen LogP contribution < -0.4 is 4.74 Å². The summed E-state index contributed by atoms with van der Waals surface area (Å²) >= 11 is 0. The highest BCUT2D eigenvalue weighted by Crippen LogP contribution is 2.27. The smallest absolute Gasteiger partial charge is 0.165 e. The summed E-state index contributed by atoms with van der Waals surface area (Å²) in [5.74, 6) is -0.103. The summed E-state index contributed by atoms with van der Waals surface area (Å²) < 4.78 is 19.7. The van der Waals surface area contributed by atoms with Crippen LogP contribution >= 0.6 is 0 Å². The zero-order valence-corrected chi connectivity index (χ0v) is 7.41. The molecule has 0 saturated carbocycles. The molecule has 2 aromatic rings. The summed E-state index contributed by atoms with van der Waals surface area (Å²) in [5.41, 5.74) is 0.737. The number of benzene rings is 1. The summed E-state index contributed by atoms with van der Waals surface area (Å²) in [6, 6.07) is 2.99. The van der Waals surface area contributed by atoms with Gasteiger partial charge in [-0.1, -0.05) is 0 Å². The molecule has 0 aliphatic heterocycles. The molecule has 0 radical (unpaired) electrons. The molecule has 1 aromatic heterocycles. The highest BCUT2D eigenvalue weighted by Gasteiger charge is 2.09. The first-order valence-electron chi connectivity index (χ1n) is 3.88. The summed E-state index contributed by atoms with van der Waals surface area (Å²) in [6.07, 6.45) is 1.73. The Bertz CT molecular complexity index is 450. The van der Waals surface area contributed by atoms with Crippen molar-refractivity contribution in [3.8, 4) is 5.75 Å². The van der Waals surface area contributed by atoms with E-state index >= 15 is 0 Å².